The third kappa shape index (κ3) is 1.57. The Morgan fingerprint density at radius 1 is 1.37 bits per heavy atom. The van der Waals surface area contributed by atoms with Crippen LogP contribution in [0.3, 0.4) is 0 Å². The van der Waals surface area contributed by atoms with Crippen molar-refractivity contribution in [3.8, 4) is 0 Å². The van der Waals surface area contributed by atoms with Gasteiger partial charge in [-0.1, -0.05) is 0 Å². The van der Waals surface area contributed by atoms with E-state index in [1.165, 1.54) is 0 Å². The van der Waals surface area contributed by atoms with Gasteiger partial charge in [-0.25, -0.2) is 18.2 Å². The highest BCUT2D eigenvalue weighted by atomic mass is 19.1. The van der Waals surface area contributed by atoms with E-state index in [0.29, 0.717) is 6.42 Å². The maximum atomic E-state index is 14.1. The predicted octanol–water partition coefficient (Wildman–Crippen LogP) is 1.45. The highest BCUT2D eigenvalue weighted by molar-refractivity contribution is 5.74. The average molecular weight is 271 g/mol. The number of hydrogen-bond acceptors (Lipinski definition) is 4. The van der Waals surface area contributed by atoms with Crippen molar-refractivity contribution in [1.29, 1.82) is 0 Å². The normalized spacial score (nSPS) is 32.3. The molecule has 1 saturated carbocycles. The van der Waals surface area contributed by atoms with Crippen LogP contribution in [0.25, 0.3) is 0 Å². The van der Waals surface area contributed by atoms with Crippen molar-refractivity contribution >= 4 is 11.7 Å². The molecule has 0 saturated heterocycles. The summed E-state index contributed by atoms with van der Waals surface area (Å²) < 4.78 is 46.8. The first kappa shape index (κ1) is 12.1. The molecular formula is C12H12F3N3O. The Kier molecular flexibility index (Phi) is 2.42. The number of alkyl halides is 1. The van der Waals surface area contributed by atoms with Crippen molar-refractivity contribution in [3.05, 3.63) is 29.3 Å². The monoisotopic (exact) mass is 271 g/mol. The number of fused-ring (bicyclic) bond motifs is 1. The molecule has 0 radical (unpaired) electrons. The molecule has 3 rings (SSSR count). The largest absolute Gasteiger partial charge is 0.462 e. The molecule has 4 N–H and O–H groups in total. The van der Waals surface area contributed by atoms with E-state index in [1.54, 1.807) is 0 Å². The lowest BCUT2D eigenvalue weighted by molar-refractivity contribution is 0.164. The van der Waals surface area contributed by atoms with Crippen LogP contribution < -0.4 is 11.5 Å². The van der Waals surface area contributed by atoms with Crippen molar-refractivity contribution < 1.29 is 17.9 Å². The van der Waals surface area contributed by atoms with Crippen LogP contribution in [0.4, 0.5) is 18.9 Å². The van der Waals surface area contributed by atoms with Crippen LogP contribution >= 0.6 is 0 Å². The number of benzene rings is 1. The zero-order valence-electron chi connectivity index (χ0n) is 9.87. The Balaban J connectivity index is 2.23. The average Bonchev–Trinajstić information content (AvgIpc) is 3.13. The minimum Gasteiger partial charge on any atom is -0.462 e. The van der Waals surface area contributed by atoms with Gasteiger partial charge in [0.25, 0.3) is 6.02 Å². The summed E-state index contributed by atoms with van der Waals surface area (Å²) in [6.07, 6.45) is 0.121. The molecule has 1 fully saturated rings. The number of nitrogen functional groups attached to an aromatic ring is 1. The molecule has 2 aliphatic rings. The first-order valence-electron chi connectivity index (χ1n) is 5.81. The van der Waals surface area contributed by atoms with Crippen LogP contribution in [0.1, 0.15) is 12.0 Å². The van der Waals surface area contributed by atoms with E-state index in [2.05, 4.69) is 4.99 Å². The summed E-state index contributed by atoms with van der Waals surface area (Å²) in [7, 11) is 0. The molecule has 3 atom stereocenters. The lowest BCUT2D eigenvalue weighted by atomic mass is 9.85. The van der Waals surface area contributed by atoms with Crippen molar-refractivity contribution in [1.82, 2.24) is 0 Å². The smallest absolute Gasteiger partial charge is 0.283 e. The molecule has 19 heavy (non-hydrogen) atoms. The molecule has 0 spiro atoms. The molecule has 0 amide bonds. The number of anilines is 1. The Hall–Kier alpha value is -1.92. The molecule has 1 aromatic carbocycles. The van der Waals surface area contributed by atoms with E-state index in [9.17, 15) is 13.2 Å². The Morgan fingerprint density at radius 3 is 2.79 bits per heavy atom. The van der Waals surface area contributed by atoms with Gasteiger partial charge >= 0.3 is 0 Å². The van der Waals surface area contributed by atoms with Gasteiger partial charge in [-0.05, 0) is 18.6 Å². The van der Waals surface area contributed by atoms with Crippen molar-refractivity contribution in [2.24, 2.45) is 16.6 Å². The number of amidine groups is 1. The molecule has 102 valence electrons. The van der Waals surface area contributed by atoms with Crippen LogP contribution in [-0.2, 0) is 10.3 Å². The van der Waals surface area contributed by atoms with Gasteiger partial charge in [0.2, 0.25) is 0 Å². The second kappa shape index (κ2) is 3.79. The summed E-state index contributed by atoms with van der Waals surface area (Å²) in [5, 5.41) is 0. The van der Waals surface area contributed by atoms with Crippen molar-refractivity contribution in [2.45, 2.75) is 18.1 Å². The van der Waals surface area contributed by atoms with Gasteiger partial charge < -0.3 is 16.2 Å². The van der Waals surface area contributed by atoms with E-state index in [0.717, 1.165) is 12.1 Å². The van der Waals surface area contributed by atoms with E-state index in [1.807, 2.05) is 0 Å². The lowest BCUT2D eigenvalue weighted by Gasteiger charge is -2.31. The molecule has 0 bridgehead atoms. The minimum atomic E-state index is -1.67. The third-order valence-corrected chi connectivity index (χ3v) is 3.68. The summed E-state index contributed by atoms with van der Waals surface area (Å²) in [6, 6.07) is 1.85. The maximum Gasteiger partial charge on any atom is 0.283 e. The molecule has 7 heteroatoms. The first-order chi connectivity index (χ1) is 8.99. The van der Waals surface area contributed by atoms with E-state index in [4.69, 9.17) is 16.2 Å². The molecule has 0 unspecified atom stereocenters. The zero-order valence-corrected chi connectivity index (χ0v) is 9.87. The standard InChI is InChI=1S/C12H12F3N3O/c13-4-12(5-3-8(5)19-11(17)18-12)9-6(14)1-2-7(16)10(9)15/h1-2,5,8H,3-4,16H2,(H2,17,18)/t5-,8+,12-/m0/s1. The number of ether oxygens (including phenoxy) is 1. The molecular weight excluding hydrogens is 259 g/mol. The van der Waals surface area contributed by atoms with Crippen molar-refractivity contribution in [2.75, 3.05) is 12.4 Å². The third-order valence-electron chi connectivity index (χ3n) is 3.68. The zero-order chi connectivity index (χ0) is 13.8. The van der Waals surface area contributed by atoms with Gasteiger partial charge in [-0.3, -0.25) is 0 Å². The fourth-order valence-corrected chi connectivity index (χ4v) is 2.67. The van der Waals surface area contributed by atoms with Gasteiger partial charge in [0.1, 0.15) is 24.1 Å². The Labute approximate surface area is 107 Å². The molecule has 1 aromatic rings. The SMILES string of the molecule is NC1=N[C@](CF)(c2c(F)ccc(N)c2F)[C@H]2C[C@H]2O1. The Bertz CT molecular complexity index is 578. The molecule has 4 nitrogen and oxygen atoms in total. The predicted molar refractivity (Wildman–Crippen MR) is 63.0 cm³/mol. The highest BCUT2D eigenvalue weighted by Gasteiger charge is 2.61. The van der Waals surface area contributed by atoms with Gasteiger partial charge in [-0.15, -0.1) is 0 Å². The number of rotatable bonds is 2. The second-order valence-corrected chi connectivity index (χ2v) is 4.83. The number of nitrogens with two attached hydrogens (primary N) is 2. The number of hydrogen-bond donors (Lipinski definition) is 2. The van der Waals surface area contributed by atoms with Gasteiger partial charge in [-0.2, -0.15) is 0 Å². The fourth-order valence-electron chi connectivity index (χ4n) is 2.67. The van der Waals surface area contributed by atoms with Gasteiger partial charge in [0.05, 0.1) is 11.3 Å². The summed E-state index contributed by atoms with van der Waals surface area (Å²) in [6.45, 7) is -1.06. The summed E-state index contributed by atoms with van der Waals surface area (Å²) in [5.74, 6) is -2.29. The van der Waals surface area contributed by atoms with Crippen molar-refractivity contribution in [3.63, 3.8) is 0 Å². The van der Waals surface area contributed by atoms with Gasteiger partial charge in [0, 0.05) is 5.92 Å². The summed E-state index contributed by atoms with van der Waals surface area (Å²) in [5.41, 5.74) is 8.51. The van der Waals surface area contributed by atoms with Gasteiger partial charge in [0.15, 0.2) is 5.82 Å². The summed E-state index contributed by atoms with van der Waals surface area (Å²) >= 11 is 0. The topological polar surface area (TPSA) is 73.6 Å². The van der Waals surface area contributed by atoms with E-state index >= 15 is 0 Å². The number of aliphatic imine (C=N–C) groups is 1. The van der Waals surface area contributed by atoms with Crippen LogP contribution in [0.2, 0.25) is 0 Å². The van der Waals surface area contributed by atoms with Crippen LogP contribution in [-0.4, -0.2) is 18.8 Å². The van der Waals surface area contributed by atoms with E-state index in [-0.39, 0.29) is 17.8 Å². The van der Waals surface area contributed by atoms with Crippen LogP contribution in [0, 0.1) is 17.6 Å². The van der Waals surface area contributed by atoms with Crippen LogP contribution in [0.15, 0.2) is 17.1 Å². The summed E-state index contributed by atoms with van der Waals surface area (Å²) in [4.78, 5) is 3.85. The molecule has 1 heterocycles. The first-order valence-corrected chi connectivity index (χ1v) is 5.81. The Morgan fingerprint density at radius 2 is 2.11 bits per heavy atom. The van der Waals surface area contributed by atoms with E-state index < -0.39 is 35.3 Å². The lowest BCUT2D eigenvalue weighted by Crippen LogP contribution is -2.40. The fraction of sp³-hybridized carbons (Fsp3) is 0.417. The van der Waals surface area contributed by atoms with Crippen LogP contribution in [0.5, 0.6) is 0 Å². The maximum absolute atomic E-state index is 14.1. The molecule has 1 aliphatic heterocycles. The second-order valence-electron chi connectivity index (χ2n) is 4.83. The molecule has 0 aromatic heterocycles. The molecule has 1 aliphatic carbocycles. The number of nitrogens with zero attached hydrogens (tertiary/aromatic N) is 1. The highest BCUT2D eigenvalue weighted by Crippen LogP contribution is 2.54. The number of halogens is 3. The quantitative estimate of drug-likeness (QED) is 0.799. The minimum absolute atomic E-state index is 0.248.